The maximum absolute atomic E-state index is 12.8. The van der Waals surface area contributed by atoms with Crippen LogP contribution in [0.4, 0.5) is 17.2 Å². The molecule has 0 radical (unpaired) electrons. The van der Waals surface area contributed by atoms with Gasteiger partial charge in [0.25, 0.3) is 5.91 Å². The number of hydrogen-bond acceptors (Lipinski definition) is 7. The van der Waals surface area contributed by atoms with Crippen LogP contribution in [0.3, 0.4) is 0 Å². The summed E-state index contributed by atoms with van der Waals surface area (Å²) in [6.45, 7) is 2.12. The molecule has 5 heterocycles. The van der Waals surface area contributed by atoms with Crippen molar-refractivity contribution in [1.29, 1.82) is 0 Å². The average Bonchev–Trinajstić information content (AvgIpc) is 3.44. The summed E-state index contributed by atoms with van der Waals surface area (Å²) in [6.07, 6.45) is 8.89. The summed E-state index contributed by atoms with van der Waals surface area (Å²) in [4.78, 5) is 24.2. The Balaban J connectivity index is 1.28. The van der Waals surface area contributed by atoms with Gasteiger partial charge in [0, 0.05) is 37.0 Å². The highest BCUT2D eigenvalue weighted by molar-refractivity contribution is 6.22. The maximum Gasteiger partial charge on any atom is 0.254 e. The van der Waals surface area contributed by atoms with Crippen LogP contribution in [0.1, 0.15) is 34.3 Å². The van der Waals surface area contributed by atoms with Crippen molar-refractivity contribution >= 4 is 47.3 Å². The molecule has 2 aromatic rings. The first-order valence-electron chi connectivity index (χ1n) is 11.6. The molecule has 1 saturated heterocycles. The van der Waals surface area contributed by atoms with Gasteiger partial charge in [0.1, 0.15) is 12.0 Å². The fourth-order valence-electron chi connectivity index (χ4n) is 4.97. The summed E-state index contributed by atoms with van der Waals surface area (Å²) in [6, 6.07) is 7.89. The average molecular weight is 457 g/mol. The third kappa shape index (κ3) is 3.58. The van der Waals surface area contributed by atoms with Gasteiger partial charge in [-0.15, -0.1) is 0 Å². The number of rotatable bonds is 4. The fraction of sp³-hybridized carbons (Fsp3) is 0.320. The Hall–Kier alpha value is -3.85. The topological polar surface area (TPSA) is 105 Å². The summed E-state index contributed by atoms with van der Waals surface area (Å²) in [5.74, 6) is 0.584. The molecule has 1 fully saturated rings. The first kappa shape index (κ1) is 20.7. The summed E-state index contributed by atoms with van der Waals surface area (Å²) >= 11 is 0. The molecule has 6 rings (SSSR count). The molecule has 1 aromatic heterocycles. The minimum Gasteiger partial charge on any atom is -0.393 e. The lowest BCUT2D eigenvalue weighted by Gasteiger charge is -2.31. The molecule has 4 aliphatic heterocycles. The predicted molar refractivity (Wildman–Crippen MR) is 133 cm³/mol. The van der Waals surface area contributed by atoms with Crippen LogP contribution in [0.25, 0.3) is 5.57 Å². The summed E-state index contributed by atoms with van der Waals surface area (Å²) in [7, 11) is 1.89. The van der Waals surface area contributed by atoms with Crippen LogP contribution in [0, 0.1) is 0 Å². The van der Waals surface area contributed by atoms with Gasteiger partial charge >= 0.3 is 0 Å². The number of aliphatic hydroxyl groups is 1. The number of nitrogens with zero attached hydrogens (tertiary/aromatic N) is 5. The quantitative estimate of drug-likeness (QED) is 0.610. The Morgan fingerprint density at radius 2 is 2.03 bits per heavy atom. The zero-order valence-corrected chi connectivity index (χ0v) is 18.9. The highest BCUT2D eigenvalue weighted by Gasteiger charge is 2.32. The number of carbonyl (C=O) groups is 1. The molecule has 9 nitrogen and oxygen atoms in total. The number of aliphatic hydroxyl groups excluding tert-OH is 1. The van der Waals surface area contributed by atoms with E-state index in [0.717, 1.165) is 59.6 Å². The highest BCUT2D eigenvalue weighted by atomic mass is 16.3. The molecule has 1 atom stereocenters. The summed E-state index contributed by atoms with van der Waals surface area (Å²) in [5, 5.41) is 20.4. The third-order valence-electron chi connectivity index (χ3n) is 6.83. The van der Waals surface area contributed by atoms with Crippen LogP contribution in [0.2, 0.25) is 0 Å². The molecule has 3 N–H and O–H groups in total. The van der Waals surface area contributed by atoms with Gasteiger partial charge in [-0.25, -0.2) is 4.98 Å². The van der Waals surface area contributed by atoms with Gasteiger partial charge in [-0.05, 0) is 47.3 Å². The number of hydrogen-bond donors (Lipinski definition) is 3. The molecule has 172 valence electrons. The van der Waals surface area contributed by atoms with Crippen molar-refractivity contribution in [3.05, 3.63) is 52.7 Å². The number of pyridine rings is 1. The van der Waals surface area contributed by atoms with E-state index < -0.39 is 0 Å². The smallest absolute Gasteiger partial charge is 0.254 e. The SMILES string of the molecule is C[N+]1=CC2N=CC(c3ccc(Nc4ccc(N5CCC(O)CC5)cn4)c4c3CNC4=O)=C2C=N1. The number of nitrogens with one attached hydrogen (secondary N) is 2. The van der Waals surface area contributed by atoms with Crippen LogP contribution in [0.15, 0.2) is 46.1 Å². The molecule has 0 spiro atoms. The van der Waals surface area contributed by atoms with Crippen molar-refractivity contribution in [3.63, 3.8) is 0 Å². The monoisotopic (exact) mass is 456 g/mol. The minimum atomic E-state index is -0.204. The Kier molecular flexibility index (Phi) is 4.99. The first-order chi connectivity index (χ1) is 16.6. The van der Waals surface area contributed by atoms with Crippen LogP contribution < -0.4 is 15.5 Å². The molecule has 1 aromatic carbocycles. The van der Waals surface area contributed by atoms with Gasteiger partial charge in [-0.2, -0.15) is 0 Å². The van der Waals surface area contributed by atoms with Crippen LogP contribution in [-0.2, 0) is 6.54 Å². The Labute approximate surface area is 197 Å². The van der Waals surface area contributed by atoms with Crippen molar-refractivity contribution in [2.45, 2.75) is 31.5 Å². The molecule has 0 saturated carbocycles. The van der Waals surface area contributed by atoms with Gasteiger partial charge in [-0.3, -0.25) is 9.79 Å². The second-order valence-corrected chi connectivity index (χ2v) is 9.00. The molecule has 4 aliphatic rings. The molecule has 34 heavy (non-hydrogen) atoms. The Bertz CT molecular complexity index is 1290. The van der Waals surface area contributed by atoms with Crippen LogP contribution in [0.5, 0.6) is 0 Å². The number of anilines is 3. The lowest BCUT2D eigenvalue weighted by Crippen LogP contribution is -2.35. The largest absolute Gasteiger partial charge is 0.393 e. The van der Waals surface area contributed by atoms with E-state index in [9.17, 15) is 9.90 Å². The van der Waals surface area contributed by atoms with Crippen molar-refractivity contribution in [2.24, 2.45) is 10.1 Å². The molecule has 9 heteroatoms. The van der Waals surface area contributed by atoms with E-state index in [1.54, 1.807) is 4.68 Å². The van der Waals surface area contributed by atoms with Gasteiger partial charge in [0.15, 0.2) is 13.1 Å². The third-order valence-corrected chi connectivity index (χ3v) is 6.83. The number of amides is 1. The van der Waals surface area contributed by atoms with Gasteiger partial charge in [0.05, 0.1) is 29.2 Å². The van der Waals surface area contributed by atoms with Gasteiger partial charge < -0.3 is 20.6 Å². The fourth-order valence-corrected chi connectivity index (χ4v) is 4.97. The molecular formula is C25H26N7O2+. The van der Waals surface area contributed by atoms with Crippen LogP contribution >= 0.6 is 0 Å². The zero-order chi connectivity index (χ0) is 23.2. The second kappa shape index (κ2) is 8.18. The molecule has 0 aliphatic carbocycles. The van der Waals surface area contributed by atoms with Crippen LogP contribution in [-0.4, -0.2) is 71.6 Å². The highest BCUT2D eigenvalue weighted by Crippen LogP contribution is 2.36. The number of aliphatic imine (C=N–C) groups is 1. The number of aromatic nitrogens is 1. The van der Waals surface area contributed by atoms with E-state index in [1.807, 2.05) is 56.2 Å². The molecule has 1 unspecified atom stereocenters. The summed E-state index contributed by atoms with van der Waals surface area (Å²) in [5.41, 5.74) is 6.42. The Morgan fingerprint density at radius 1 is 1.18 bits per heavy atom. The van der Waals surface area contributed by atoms with E-state index in [4.69, 9.17) is 0 Å². The van der Waals surface area contributed by atoms with E-state index in [0.29, 0.717) is 17.9 Å². The molecule has 0 bridgehead atoms. The number of hydrazone groups is 1. The summed E-state index contributed by atoms with van der Waals surface area (Å²) < 4.78 is 1.77. The maximum atomic E-state index is 12.8. The number of fused-ring (bicyclic) bond motifs is 2. The van der Waals surface area contributed by atoms with Crippen molar-refractivity contribution in [1.82, 2.24) is 10.3 Å². The van der Waals surface area contributed by atoms with Crippen molar-refractivity contribution < 1.29 is 14.6 Å². The number of allylic oxidation sites excluding steroid dienone is 1. The number of carbonyl (C=O) groups excluding carboxylic acids is 1. The van der Waals surface area contributed by atoms with Gasteiger partial charge in [-0.1, -0.05) is 10.8 Å². The molecule has 1 amide bonds. The van der Waals surface area contributed by atoms with E-state index >= 15 is 0 Å². The van der Waals surface area contributed by atoms with E-state index in [2.05, 4.69) is 30.6 Å². The standard InChI is InChI=1S/C25H25N7O2/c1-31-14-22-19(13-29-31)18(11-26-22)17-3-4-21(24-20(17)12-28-25(24)34)30-23-5-2-15(10-27-23)32-8-6-16(33)7-9-32/h2-5,10-11,13-14,16,22,33H,6-9,12H2,1H3,(H-,27,28,29,30,34)/p+1. The van der Waals surface area contributed by atoms with Gasteiger partial charge in [0.2, 0.25) is 6.21 Å². The number of benzene rings is 1. The predicted octanol–water partition coefficient (Wildman–Crippen LogP) is 1.95. The zero-order valence-electron chi connectivity index (χ0n) is 18.9. The normalized spacial score (nSPS) is 21.5. The van der Waals surface area contributed by atoms with Crippen molar-refractivity contribution in [3.8, 4) is 0 Å². The second-order valence-electron chi connectivity index (χ2n) is 9.00. The lowest BCUT2D eigenvalue weighted by atomic mass is 9.92. The van der Waals surface area contributed by atoms with E-state index in [1.165, 1.54) is 0 Å². The number of piperidine rings is 1. The minimum absolute atomic E-state index is 0.0399. The molecular weight excluding hydrogens is 430 g/mol. The Morgan fingerprint density at radius 3 is 2.82 bits per heavy atom. The van der Waals surface area contributed by atoms with E-state index in [-0.39, 0.29) is 18.1 Å². The van der Waals surface area contributed by atoms with Crippen molar-refractivity contribution in [2.75, 3.05) is 30.4 Å². The first-order valence-corrected chi connectivity index (χ1v) is 11.6. The lowest BCUT2D eigenvalue weighted by molar-refractivity contribution is -0.499.